The van der Waals surface area contributed by atoms with E-state index in [9.17, 15) is 4.79 Å². The molecule has 2 heterocycles. The number of carbonyl (C=O) groups excluding carboxylic acids is 1. The number of hydrogen-bond acceptors (Lipinski definition) is 6. The van der Waals surface area contributed by atoms with Crippen LogP contribution >= 0.6 is 16.8 Å². The Morgan fingerprint density at radius 1 is 0.550 bits per heavy atom. The highest BCUT2D eigenvalue weighted by atomic mass is 31.2. The minimum absolute atomic E-state index is 0.169. The summed E-state index contributed by atoms with van der Waals surface area (Å²) in [7, 11) is -4.02. The van der Waals surface area contributed by atoms with Crippen molar-refractivity contribution in [2.75, 3.05) is 4.67 Å². The van der Waals surface area contributed by atoms with Crippen molar-refractivity contribution in [1.29, 1.82) is 0 Å². The van der Waals surface area contributed by atoms with Crippen LogP contribution < -0.4 is 18.2 Å². The molecule has 7 nitrogen and oxygen atoms in total. The lowest BCUT2D eigenvalue weighted by atomic mass is 9.95. The van der Waals surface area contributed by atoms with E-state index in [2.05, 4.69) is 103 Å². The van der Waals surface area contributed by atoms with E-state index in [4.69, 9.17) is 22.0 Å². The summed E-state index contributed by atoms with van der Waals surface area (Å²) in [5.74, 6) is 1.55. The first-order valence-electron chi connectivity index (χ1n) is 20.3. The molecule has 0 bridgehead atoms. The van der Waals surface area contributed by atoms with E-state index >= 15 is 0 Å². The summed E-state index contributed by atoms with van der Waals surface area (Å²) in [5.41, 5.74) is 13.6. The van der Waals surface area contributed by atoms with Gasteiger partial charge in [-0.2, -0.15) is 0 Å². The van der Waals surface area contributed by atoms with Crippen LogP contribution in [0.25, 0.3) is 43.8 Å². The van der Waals surface area contributed by atoms with Crippen molar-refractivity contribution in [3.05, 3.63) is 165 Å². The van der Waals surface area contributed by atoms with Crippen molar-refractivity contribution in [3.63, 3.8) is 0 Å². The van der Waals surface area contributed by atoms with Crippen molar-refractivity contribution in [2.24, 2.45) is 0 Å². The summed E-state index contributed by atoms with van der Waals surface area (Å²) in [4.78, 5) is 14.8. The fourth-order valence-electron chi connectivity index (χ4n) is 8.51. The van der Waals surface area contributed by atoms with Crippen LogP contribution in [0.2, 0.25) is 0 Å². The fourth-order valence-corrected chi connectivity index (χ4v) is 11.3. The third-order valence-corrected chi connectivity index (χ3v) is 13.5. The van der Waals surface area contributed by atoms with Crippen LogP contribution in [0.3, 0.4) is 0 Å². The summed E-state index contributed by atoms with van der Waals surface area (Å²) >= 11 is 0. The van der Waals surface area contributed by atoms with Gasteiger partial charge in [0.15, 0.2) is 0 Å². The number of amides is 1. The molecule has 9 heteroatoms. The van der Waals surface area contributed by atoms with E-state index in [0.29, 0.717) is 22.8 Å². The molecule has 1 atom stereocenters. The molecule has 9 rings (SSSR count). The van der Waals surface area contributed by atoms with Gasteiger partial charge in [0.05, 0.1) is 11.3 Å². The third-order valence-electron chi connectivity index (χ3n) is 11.1. The topological polar surface area (TPSA) is 74.3 Å². The normalized spacial score (nSPS) is 13.8. The Hall–Kier alpha value is -6.00. The lowest BCUT2D eigenvalue weighted by Crippen LogP contribution is -2.34. The molecule has 0 fully saturated rings. The Morgan fingerprint density at radius 3 is 1.63 bits per heavy atom. The molecule has 7 aromatic carbocycles. The molecule has 0 aliphatic carbocycles. The zero-order chi connectivity index (χ0) is 42.0. The average Bonchev–Trinajstić information content (AvgIpc) is 3.36. The van der Waals surface area contributed by atoms with Crippen LogP contribution in [0.5, 0.6) is 17.2 Å². The van der Waals surface area contributed by atoms with Crippen LogP contribution in [0, 0.1) is 55.4 Å². The van der Waals surface area contributed by atoms with E-state index in [-0.39, 0.29) is 5.91 Å². The van der Waals surface area contributed by atoms with Gasteiger partial charge in [-0.15, -0.1) is 0 Å². The van der Waals surface area contributed by atoms with Crippen LogP contribution in [0.1, 0.15) is 67.4 Å². The number of benzene rings is 7. The molecule has 1 aliphatic heterocycles. The van der Waals surface area contributed by atoms with Crippen LogP contribution in [-0.4, -0.2) is 5.91 Å². The average molecular weight is 832 g/mol. The number of anilines is 1. The SMILES string of the molecule is CCc1ccccc1N1C(=O)c2cc3ccccc3cc2OP1Oc1c(C)cc(C)cc1-c1cc(C)cc(C)c1Op1oc2c(C)cc(C)cc2c2cc(C)cc(C)c2o1. The Morgan fingerprint density at radius 2 is 1.05 bits per heavy atom. The van der Waals surface area contributed by atoms with Crippen molar-refractivity contribution < 1.29 is 26.8 Å². The third kappa shape index (κ3) is 7.10. The van der Waals surface area contributed by atoms with Gasteiger partial charge in [-0.3, -0.25) is 4.79 Å². The first-order chi connectivity index (χ1) is 28.9. The second-order valence-electron chi connectivity index (χ2n) is 16.0. The number of carbonyl (C=O) groups is 1. The second-order valence-corrected chi connectivity index (χ2v) is 18.3. The molecule has 1 aromatic heterocycles. The zero-order valence-electron chi connectivity index (χ0n) is 35.4. The molecule has 0 saturated heterocycles. The highest BCUT2D eigenvalue weighted by Gasteiger charge is 2.41. The van der Waals surface area contributed by atoms with Crippen molar-refractivity contribution in [3.8, 4) is 28.4 Å². The van der Waals surface area contributed by atoms with Gasteiger partial charge in [-0.1, -0.05) is 73.7 Å². The Kier molecular flexibility index (Phi) is 10.2. The lowest BCUT2D eigenvalue weighted by molar-refractivity contribution is 0.0995. The van der Waals surface area contributed by atoms with Crippen molar-refractivity contribution in [2.45, 2.75) is 68.7 Å². The summed E-state index contributed by atoms with van der Waals surface area (Å²) in [6.45, 7) is 18.7. The van der Waals surface area contributed by atoms with E-state index in [1.54, 1.807) is 4.67 Å². The van der Waals surface area contributed by atoms with Gasteiger partial charge in [0.2, 0.25) is 0 Å². The van der Waals surface area contributed by atoms with Crippen LogP contribution in [-0.2, 0) is 6.42 Å². The highest BCUT2D eigenvalue weighted by Crippen LogP contribution is 2.56. The maximum atomic E-state index is 14.8. The molecule has 302 valence electrons. The minimum atomic E-state index is -2.04. The molecule has 1 amide bonds. The standard InChI is InChI=1S/C51H47NO6P2/c1-10-37-15-13-14-18-45(37)52-51(53)44-27-38-16-11-12-17-39(38)28-46(44)54-59(52)55-47-33(6)19-29(2)23-40(47)41-24-30(3)20-34(7)48(41)56-60-57-49-35(8)21-31(4)25-42(49)43-26-32(5)22-36(9)50(43)58-60/h11-28H,10H2,1-9H3. The summed E-state index contributed by atoms with van der Waals surface area (Å²) in [6.07, 6.45) is 0.728. The summed E-state index contributed by atoms with van der Waals surface area (Å²) < 4.78 is 36.3. The highest BCUT2D eigenvalue weighted by molar-refractivity contribution is 7.51. The Bertz CT molecular complexity index is 3030. The lowest BCUT2D eigenvalue weighted by Gasteiger charge is -2.35. The Balaban J connectivity index is 1.22. The van der Waals surface area contributed by atoms with Gasteiger partial charge in [-0.05, 0) is 165 Å². The molecule has 1 unspecified atom stereocenters. The van der Waals surface area contributed by atoms with Gasteiger partial charge in [0, 0.05) is 21.9 Å². The second kappa shape index (κ2) is 15.6. The van der Waals surface area contributed by atoms with Crippen LogP contribution in [0.15, 0.2) is 118 Å². The number of aryl methyl sites for hydroxylation is 9. The van der Waals surface area contributed by atoms with E-state index in [0.717, 1.165) is 106 Å². The number of hydrogen-bond donors (Lipinski definition) is 0. The molecular weight excluding hydrogens is 785 g/mol. The van der Waals surface area contributed by atoms with E-state index in [1.165, 1.54) is 0 Å². The number of rotatable bonds is 7. The smallest absolute Gasteiger partial charge is 0.422 e. The quantitative estimate of drug-likeness (QED) is 0.149. The number of fused-ring (bicyclic) bond motifs is 5. The first-order valence-corrected chi connectivity index (χ1v) is 22.5. The summed E-state index contributed by atoms with van der Waals surface area (Å²) in [6, 6.07) is 36.9. The van der Waals surface area contributed by atoms with Crippen molar-refractivity contribution in [1.82, 2.24) is 0 Å². The predicted molar refractivity (Wildman–Crippen MR) is 247 cm³/mol. The number of nitrogens with zero attached hydrogens (tertiary/aromatic N) is 1. The molecule has 0 spiro atoms. The Labute approximate surface area is 353 Å². The fraction of sp³-hybridized carbons (Fsp3) is 0.196. The maximum absolute atomic E-state index is 14.8. The monoisotopic (exact) mass is 831 g/mol. The van der Waals surface area contributed by atoms with Crippen molar-refractivity contribution >= 4 is 61.1 Å². The molecule has 0 saturated carbocycles. The largest absolute Gasteiger partial charge is 0.453 e. The predicted octanol–water partition coefficient (Wildman–Crippen LogP) is 15.3. The minimum Gasteiger partial charge on any atom is -0.422 e. The van der Waals surface area contributed by atoms with E-state index < -0.39 is 16.8 Å². The van der Waals surface area contributed by atoms with E-state index in [1.807, 2.05) is 68.4 Å². The maximum Gasteiger partial charge on any atom is 0.453 e. The van der Waals surface area contributed by atoms with Gasteiger partial charge < -0.3 is 22.0 Å². The molecule has 0 radical (unpaired) electrons. The molecule has 60 heavy (non-hydrogen) atoms. The van der Waals surface area contributed by atoms with Gasteiger partial charge in [0.25, 0.3) is 5.91 Å². The summed E-state index contributed by atoms with van der Waals surface area (Å²) in [5, 5.41) is 3.93. The molecule has 8 aromatic rings. The van der Waals surface area contributed by atoms with Gasteiger partial charge in [0.1, 0.15) is 28.4 Å². The van der Waals surface area contributed by atoms with Gasteiger partial charge in [-0.25, -0.2) is 4.67 Å². The number of para-hydroxylation sites is 1. The molecule has 1 aliphatic rings. The van der Waals surface area contributed by atoms with Crippen LogP contribution in [0.4, 0.5) is 5.69 Å². The van der Waals surface area contributed by atoms with Gasteiger partial charge >= 0.3 is 16.8 Å². The molecule has 0 N–H and O–H groups in total. The first kappa shape index (κ1) is 39.5. The molecular formula is C51H47NO6P2. The zero-order valence-corrected chi connectivity index (χ0v) is 37.2.